The molecular weight excluding hydrogens is 188 g/mol. The zero-order valence-electron chi connectivity index (χ0n) is 9.36. The topological polar surface area (TPSA) is 46.6 Å². The molecule has 2 aromatic rings. The van der Waals surface area contributed by atoms with Crippen LogP contribution in [-0.2, 0) is 6.54 Å². The number of nitrogen functional groups attached to an aromatic ring is 1. The van der Waals surface area contributed by atoms with Crippen molar-refractivity contribution in [2.75, 3.05) is 19.8 Å². The van der Waals surface area contributed by atoms with Crippen LogP contribution < -0.4 is 5.73 Å². The number of nitrogens with two attached hydrogens (primary N) is 1. The Morgan fingerprint density at radius 3 is 2.80 bits per heavy atom. The second kappa shape index (κ2) is 3.55. The van der Waals surface area contributed by atoms with Gasteiger partial charge in [0, 0.05) is 18.4 Å². The Hall–Kier alpha value is -1.55. The Morgan fingerprint density at radius 1 is 1.40 bits per heavy atom. The van der Waals surface area contributed by atoms with Crippen molar-refractivity contribution in [2.24, 2.45) is 0 Å². The molecule has 0 aliphatic heterocycles. The number of hydrogen-bond donors (Lipinski definition) is 1. The van der Waals surface area contributed by atoms with Gasteiger partial charge in [-0.2, -0.15) is 0 Å². The van der Waals surface area contributed by atoms with Crippen LogP contribution >= 0.6 is 0 Å². The predicted octanol–water partition coefficient (Wildman–Crippen LogP) is 1.29. The number of aromatic nitrogens is 2. The molecule has 2 heterocycles. The molecule has 0 aliphatic carbocycles. The summed E-state index contributed by atoms with van der Waals surface area (Å²) in [6.45, 7) is 2.90. The minimum absolute atomic E-state index is 0.764. The van der Waals surface area contributed by atoms with E-state index in [1.54, 1.807) is 0 Å². The van der Waals surface area contributed by atoms with Crippen molar-refractivity contribution in [3.63, 3.8) is 0 Å². The molecule has 0 aromatic carbocycles. The Labute approximate surface area is 89.3 Å². The lowest BCUT2D eigenvalue weighted by Gasteiger charge is -2.10. The van der Waals surface area contributed by atoms with Crippen LogP contribution in [0.4, 0.5) is 5.69 Å². The van der Waals surface area contributed by atoms with E-state index in [1.165, 1.54) is 5.69 Å². The van der Waals surface area contributed by atoms with Crippen LogP contribution in [0.2, 0.25) is 0 Å². The van der Waals surface area contributed by atoms with Crippen molar-refractivity contribution in [2.45, 2.75) is 13.5 Å². The second-order valence-electron chi connectivity index (χ2n) is 4.07. The summed E-state index contributed by atoms with van der Waals surface area (Å²) in [5.41, 5.74) is 9.75. The molecule has 2 N–H and O–H groups in total. The third-order valence-electron chi connectivity index (χ3n) is 2.41. The number of anilines is 1. The Kier molecular flexibility index (Phi) is 2.36. The second-order valence-corrected chi connectivity index (χ2v) is 4.07. The number of imidazole rings is 1. The Bertz CT molecular complexity index is 485. The molecule has 0 saturated heterocycles. The maximum absolute atomic E-state index is 5.77. The fourth-order valence-electron chi connectivity index (χ4n) is 1.72. The van der Waals surface area contributed by atoms with Crippen LogP contribution in [0.25, 0.3) is 5.65 Å². The summed E-state index contributed by atoms with van der Waals surface area (Å²) >= 11 is 0. The van der Waals surface area contributed by atoms with Crippen molar-refractivity contribution in [1.29, 1.82) is 0 Å². The van der Waals surface area contributed by atoms with E-state index in [4.69, 9.17) is 5.73 Å². The van der Waals surface area contributed by atoms with Crippen LogP contribution in [0.3, 0.4) is 0 Å². The van der Waals surface area contributed by atoms with Gasteiger partial charge in [-0.25, -0.2) is 4.98 Å². The molecule has 0 fully saturated rings. The van der Waals surface area contributed by atoms with E-state index >= 15 is 0 Å². The summed E-state index contributed by atoms with van der Waals surface area (Å²) in [5, 5.41) is 0. The molecule has 0 spiro atoms. The summed E-state index contributed by atoms with van der Waals surface area (Å²) in [6.07, 6.45) is 1.92. The van der Waals surface area contributed by atoms with E-state index in [1.807, 2.05) is 39.3 Å². The molecule has 4 heteroatoms. The van der Waals surface area contributed by atoms with Gasteiger partial charge >= 0.3 is 0 Å². The first kappa shape index (κ1) is 9.98. The summed E-state index contributed by atoms with van der Waals surface area (Å²) in [5.74, 6) is 0. The van der Waals surface area contributed by atoms with Gasteiger partial charge in [-0.15, -0.1) is 0 Å². The van der Waals surface area contributed by atoms with Crippen LogP contribution in [0.5, 0.6) is 0 Å². The van der Waals surface area contributed by atoms with Crippen LogP contribution in [0.15, 0.2) is 18.3 Å². The first-order chi connectivity index (χ1) is 7.08. The smallest absolute Gasteiger partial charge is 0.137 e. The van der Waals surface area contributed by atoms with Crippen molar-refractivity contribution in [3.8, 4) is 0 Å². The molecule has 4 nitrogen and oxygen atoms in total. The van der Waals surface area contributed by atoms with Gasteiger partial charge in [0.25, 0.3) is 0 Å². The molecule has 0 saturated carbocycles. The average molecular weight is 204 g/mol. The largest absolute Gasteiger partial charge is 0.398 e. The highest BCUT2D eigenvalue weighted by Crippen LogP contribution is 2.15. The average Bonchev–Trinajstić information content (AvgIpc) is 2.43. The van der Waals surface area contributed by atoms with E-state index < -0.39 is 0 Å². The molecule has 0 atom stereocenters. The van der Waals surface area contributed by atoms with E-state index in [0.717, 1.165) is 23.6 Å². The van der Waals surface area contributed by atoms with Gasteiger partial charge in [-0.1, -0.05) is 0 Å². The zero-order chi connectivity index (χ0) is 11.0. The number of nitrogens with zero attached hydrogens (tertiary/aromatic N) is 3. The number of hydrogen-bond acceptors (Lipinski definition) is 3. The summed E-state index contributed by atoms with van der Waals surface area (Å²) in [7, 11) is 4.09. The van der Waals surface area contributed by atoms with Crippen LogP contribution in [0, 0.1) is 6.92 Å². The van der Waals surface area contributed by atoms with Crippen molar-refractivity contribution in [3.05, 3.63) is 29.7 Å². The predicted molar refractivity (Wildman–Crippen MR) is 61.7 cm³/mol. The summed E-state index contributed by atoms with van der Waals surface area (Å²) < 4.78 is 2.06. The Balaban J connectivity index is 2.60. The number of aryl methyl sites for hydroxylation is 1. The fourth-order valence-corrected chi connectivity index (χ4v) is 1.72. The molecule has 0 aliphatic rings. The van der Waals surface area contributed by atoms with Crippen molar-refractivity contribution >= 4 is 11.3 Å². The molecule has 15 heavy (non-hydrogen) atoms. The van der Waals surface area contributed by atoms with E-state index in [-0.39, 0.29) is 0 Å². The standard InChI is InChI=1S/C11H16N4/c1-8-10(7-14(2)3)15-6-9(12)4-5-11(15)13-8/h4-6H,7,12H2,1-3H3. The third kappa shape index (κ3) is 1.80. The van der Waals surface area contributed by atoms with Crippen molar-refractivity contribution in [1.82, 2.24) is 14.3 Å². The van der Waals surface area contributed by atoms with Gasteiger partial charge in [0.1, 0.15) is 5.65 Å². The van der Waals surface area contributed by atoms with Gasteiger partial charge in [0.05, 0.1) is 11.4 Å². The lowest BCUT2D eigenvalue weighted by Crippen LogP contribution is -2.13. The summed E-state index contributed by atoms with van der Waals surface area (Å²) in [4.78, 5) is 6.61. The van der Waals surface area contributed by atoms with Gasteiger partial charge in [0.2, 0.25) is 0 Å². The number of fused-ring (bicyclic) bond motifs is 1. The molecule has 2 aromatic heterocycles. The molecule has 80 valence electrons. The normalized spacial score (nSPS) is 11.5. The molecule has 0 amide bonds. The highest BCUT2D eigenvalue weighted by molar-refractivity contribution is 5.50. The maximum Gasteiger partial charge on any atom is 0.137 e. The third-order valence-corrected chi connectivity index (χ3v) is 2.41. The first-order valence-electron chi connectivity index (χ1n) is 4.95. The van der Waals surface area contributed by atoms with E-state index in [2.05, 4.69) is 14.3 Å². The lowest BCUT2D eigenvalue weighted by molar-refractivity contribution is 0.394. The highest BCUT2D eigenvalue weighted by atomic mass is 15.1. The van der Waals surface area contributed by atoms with Crippen LogP contribution in [-0.4, -0.2) is 28.4 Å². The molecule has 0 unspecified atom stereocenters. The lowest BCUT2D eigenvalue weighted by atomic mass is 10.3. The van der Waals surface area contributed by atoms with Crippen LogP contribution in [0.1, 0.15) is 11.4 Å². The quantitative estimate of drug-likeness (QED) is 0.801. The summed E-state index contributed by atoms with van der Waals surface area (Å²) in [6, 6.07) is 3.82. The molecule has 0 bridgehead atoms. The van der Waals surface area contributed by atoms with E-state index in [9.17, 15) is 0 Å². The van der Waals surface area contributed by atoms with Gasteiger partial charge < -0.3 is 15.0 Å². The van der Waals surface area contributed by atoms with Crippen molar-refractivity contribution < 1.29 is 0 Å². The SMILES string of the molecule is Cc1nc2ccc(N)cn2c1CN(C)C. The maximum atomic E-state index is 5.77. The number of pyridine rings is 1. The van der Waals surface area contributed by atoms with E-state index in [0.29, 0.717) is 0 Å². The van der Waals surface area contributed by atoms with Gasteiger partial charge in [-0.3, -0.25) is 0 Å². The van der Waals surface area contributed by atoms with Gasteiger partial charge in [-0.05, 0) is 33.2 Å². The zero-order valence-corrected chi connectivity index (χ0v) is 9.36. The Morgan fingerprint density at radius 2 is 2.13 bits per heavy atom. The first-order valence-corrected chi connectivity index (χ1v) is 4.95. The molecule has 2 rings (SSSR count). The molecular formula is C11H16N4. The van der Waals surface area contributed by atoms with Gasteiger partial charge in [0.15, 0.2) is 0 Å². The minimum Gasteiger partial charge on any atom is -0.398 e. The minimum atomic E-state index is 0.764. The monoisotopic (exact) mass is 204 g/mol. The fraction of sp³-hybridized carbons (Fsp3) is 0.364. The molecule has 0 radical (unpaired) electrons. The highest BCUT2D eigenvalue weighted by Gasteiger charge is 2.08. The number of rotatable bonds is 2.